The smallest absolute Gasteiger partial charge is 0.325 e. The van der Waals surface area contributed by atoms with Gasteiger partial charge in [-0.15, -0.1) is 0 Å². The summed E-state index contributed by atoms with van der Waals surface area (Å²) in [5.41, 5.74) is 0.269. The van der Waals surface area contributed by atoms with Crippen molar-refractivity contribution >= 4 is 11.8 Å². The van der Waals surface area contributed by atoms with E-state index in [1.54, 1.807) is 13.2 Å². The van der Waals surface area contributed by atoms with E-state index < -0.39 is 5.60 Å². The third-order valence-electron chi connectivity index (χ3n) is 1.85. The Morgan fingerprint density at radius 3 is 2.72 bits per heavy atom. The van der Waals surface area contributed by atoms with E-state index in [0.717, 1.165) is 5.69 Å². The number of anilines is 1. The summed E-state index contributed by atoms with van der Waals surface area (Å²) in [7, 11) is 1.59. The average molecular weight is 253 g/mol. The minimum atomic E-state index is -0.481. The molecule has 1 heterocycles. The summed E-state index contributed by atoms with van der Waals surface area (Å²) in [4.78, 5) is 19.5. The van der Waals surface area contributed by atoms with E-state index in [4.69, 9.17) is 9.47 Å². The van der Waals surface area contributed by atoms with Gasteiger partial charge < -0.3 is 14.8 Å². The first-order chi connectivity index (χ1) is 8.40. The average Bonchev–Trinajstić information content (AvgIpc) is 2.25. The summed E-state index contributed by atoms with van der Waals surface area (Å²) in [5.74, 6) is 0.248. The van der Waals surface area contributed by atoms with E-state index in [1.807, 2.05) is 20.8 Å². The van der Waals surface area contributed by atoms with Gasteiger partial charge in [-0.25, -0.2) is 9.97 Å². The van der Waals surface area contributed by atoms with Gasteiger partial charge in [0.2, 0.25) is 0 Å². The van der Waals surface area contributed by atoms with E-state index in [2.05, 4.69) is 15.3 Å². The highest BCUT2D eigenvalue weighted by Crippen LogP contribution is 2.08. The van der Waals surface area contributed by atoms with Crippen LogP contribution in [0.1, 0.15) is 26.5 Å². The van der Waals surface area contributed by atoms with Gasteiger partial charge >= 0.3 is 5.97 Å². The van der Waals surface area contributed by atoms with Crippen LogP contribution < -0.4 is 5.32 Å². The highest BCUT2D eigenvalue weighted by molar-refractivity contribution is 5.74. The molecule has 100 valence electrons. The van der Waals surface area contributed by atoms with Crippen LogP contribution in [0.25, 0.3) is 0 Å². The first kappa shape index (κ1) is 14.4. The molecule has 0 atom stereocenters. The second kappa shape index (κ2) is 6.30. The zero-order valence-corrected chi connectivity index (χ0v) is 11.2. The van der Waals surface area contributed by atoms with Crippen LogP contribution in [0.4, 0.5) is 5.82 Å². The molecule has 0 saturated carbocycles. The molecule has 0 fully saturated rings. The van der Waals surface area contributed by atoms with Crippen molar-refractivity contribution in [1.29, 1.82) is 0 Å². The molecule has 0 aliphatic carbocycles. The number of ether oxygens (including phenoxy) is 2. The summed E-state index contributed by atoms with van der Waals surface area (Å²) in [5, 5.41) is 2.88. The summed E-state index contributed by atoms with van der Waals surface area (Å²) in [6.45, 7) is 5.95. The number of methoxy groups -OCH3 is 1. The van der Waals surface area contributed by atoms with Gasteiger partial charge in [0.25, 0.3) is 0 Å². The molecule has 0 aliphatic heterocycles. The first-order valence-corrected chi connectivity index (χ1v) is 5.66. The number of carbonyl (C=O) groups is 1. The number of nitrogens with zero attached hydrogens (tertiary/aromatic N) is 2. The van der Waals surface area contributed by atoms with Gasteiger partial charge in [0.05, 0.1) is 12.3 Å². The molecule has 6 nitrogen and oxygen atoms in total. The molecule has 18 heavy (non-hydrogen) atoms. The van der Waals surface area contributed by atoms with Crippen LogP contribution in [0.2, 0.25) is 0 Å². The molecular weight excluding hydrogens is 234 g/mol. The van der Waals surface area contributed by atoms with Crippen LogP contribution in [0.15, 0.2) is 12.4 Å². The number of carbonyl (C=O) groups excluding carboxylic acids is 1. The predicted octanol–water partition coefficient (Wildman–Crippen LogP) is 1.38. The Morgan fingerprint density at radius 2 is 2.11 bits per heavy atom. The van der Waals surface area contributed by atoms with Crippen molar-refractivity contribution in [3.05, 3.63) is 18.1 Å². The van der Waals surface area contributed by atoms with Crippen molar-refractivity contribution in [2.75, 3.05) is 19.0 Å². The van der Waals surface area contributed by atoms with Gasteiger partial charge in [-0.3, -0.25) is 4.79 Å². The second-order valence-electron chi connectivity index (χ2n) is 4.77. The predicted molar refractivity (Wildman–Crippen MR) is 67.1 cm³/mol. The van der Waals surface area contributed by atoms with Gasteiger partial charge in [-0.1, -0.05) is 0 Å². The lowest BCUT2D eigenvalue weighted by Gasteiger charge is -2.19. The largest absolute Gasteiger partial charge is 0.459 e. The monoisotopic (exact) mass is 253 g/mol. The van der Waals surface area contributed by atoms with Crippen LogP contribution in [0.5, 0.6) is 0 Å². The Hall–Kier alpha value is -1.69. The standard InChI is InChI=1S/C12H19N3O3/c1-12(2,3)18-11(16)6-13-10-5-9(7-17-4)14-8-15-10/h5,8H,6-7H2,1-4H3,(H,13,14,15). The first-order valence-electron chi connectivity index (χ1n) is 5.66. The molecule has 0 bridgehead atoms. The Kier molecular flexibility index (Phi) is 5.03. The molecule has 0 amide bonds. The van der Waals surface area contributed by atoms with Crippen molar-refractivity contribution in [3.63, 3.8) is 0 Å². The highest BCUT2D eigenvalue weighted by atomic mass is 16.6. The summed E-state index contributed by atoms with van der Waals surface area (Å²) < 4.78 is 10.1. The Balaban J connectivity index is 2.48. The Morgan fingerprint density at radius 1 is 1.39 bits per heavy atom. The van der Waals surface area contributed by atoms with Crippen molar-refractivity contribution in [1.82, 2.24) is 9.97 Å². The topological polar surface area (TPSA) is 73.3 Å². The molecule has 0 radical (unpaired) electrons. The van der Waals surface area contributed by atoms with Crippen LogP contribution in [-0.4, -0.2) is 35.2 Å². The molecule has 0 spiro atoms. The number of hydrogen-bond donors (Lipinski definition) is 1. The van der Waals surface area contributed by atoms with Crippen molar-refractivity contribution in [2.24, 2.45) is 0 Å². The zero-order valence-electron chi connectivity index (χ0n) is 11.2. The third kappa shape index (κ3) is 5.58. The van der Waals surface area contributed by atoms with Crippen LogP contribution in [0.3, 0.4) is 0 Å². The fourth-order valence-electron chi connectivity index (χ4n) is 1.26. The number of esters is 1. The van der Waals surface area contributed by atoms with Gasteiger partial charge in [-0.05, 0) is 20.8 Å². The van der Waals surface area contributed by atoms with Crippen molar-refractivity contribution < 1.29 is 14.3 Å². The van der Waals surface area contributed by atoms with Gasteiger partial charge in [0.1, 0.15) is 24.3 Å². The number of aromatic nitrogens is 2. The van der Waals surface area contributed by atoms with Crippen LogP contribution in [0, 0.1) is 0 Å². The van der Waals surface area contributed by atoms with Crippen molar-refractivity contribution in [2.45, 2.75) is 33.0 Å². The normalized spacial score (nSPS) is 11.1. The van der Waals surface area contributed by atoms with E-state index in [0.29, 0.717) is 12.4 Å². The lowest BCUT2D eigenvalue weighted by molar-refractivity contribution is -0.152. The molecule has 0 aromatic carbocycles. The molecule has 1 aromatic rings. The second-order valence-corrected chi connectivity index (χ2v) is 4.77. The maximum absolute atomic E-state index is 11.5. The van der Waals surface area contributed by atoms with Gasteiger partial charge in [0, 0.05) is 13.2 Å². The molecule has 1 aromatic heterocycles. The number of rotatable bonds is 5. The summed E-state index contributed by atoms with van der Waals surface area (Å²) in [6, 6.07) is 1.73. The Labute approximate surface area is 107 Å². The van der Waals surface area contributed by atoms with Crippen molar-refractivity contribution in [3.8, 4) is 0 Å². The van der Waals surface area contributed by atoms with E-state index >= 15 is 0 Å². The lowest BCUT2D eigenvalue weighted by Crippen LogP contribution is -2.28. The Bertz CT molecular complexity index is 402. The maximum atomic E-state index is 11.5. The summed E-state index contributed by atoms with van der Waals surface area (Å²) >= 11 is 0. The quantitative estimate of drug-likeness (QED) is 0.799. The van der Waals surface area contributed by atoms with Gasteiger partial charge in [0.15, 0.2) is 0 Å². The van der Waals surface area contributed by atoms with E-state index in [-0.39, 0.29) is 12.5 Å². The fraction of sp³-hybridized carbons (Fsp3) is 0.583. The number of nitrogens with one attached hydrogen (secondary N) is 1. The molecule has 1 rings (SSSR count). The highest BCUT2D eigenvalue weighted by Gasteiger charge is 2.15. The number of hydrogen-bond acceptors (Lipinski definition) is 6. The van der Waals surface area contributed by atoms with Crippen LogP contribution >= 0.6 is 0 Å². The third-order valence-corrected chi connectivity index (χ3v) is 1.85. The fourth-order valence-corrected chi connectivity index (χ4v) is 1.26. The zero-order chi connectivity index (χ0) is 13.6. The molecule has 0 saturated heterocycles. The molecule has 0 aliphatic rings. The maximum Gasteiger partial charge on any atom is 0.325 e. The molecule has 0 unspecified atom stereocenters. The van der Waals surface area contributed by atoms with E-state index in [1.165, 1.54) is 6.33 Å². The van der Waals surface area contributed by atoms with Gasteiger partial charge in [-0.2, -0.15) is 0 Å². The molecule has 6 heteroatoms. The summed E-state index contributed by atoms with van der Waals surface area (Å²) in [6.07, 6.45) is 1.42. The molecule has 1 N–H and O–H groups in total. The minimum absolute atomic E-state index is 0.0701. The van der Waals surface area contributed by atoms with Crippen LogP contribution in [-0.2, 0) is 20.9 Å². The lowest BCUT2D eigenvalue weighted by atomic mass is 10.2. The molecular formula is C12H19N3O3. The van der Waals surface area contributed by atoms with E-state index in [9.17, 15) is 4.79 Å². The minimum Gasteiger partial charge on any atom is -0.459 e. The SMILES string of the molecule is COCc1cc(NCC(=O)OC(C)(C)C)ncn1.